The molecule has 0 saturated carbocycles. The molecule has 1 N–H and O–H groups in total. The van der Waals surface area contributed by atoms with Crippen molar-refractivity contribution in [3.63, 3.8) is 0 Å². The van der Waals surface area contributed by atoms with E-state index < -0.39 is 0 Å². The van der Waals surface area contributed by atoms with Gasteiger partial charge >= 0.3 is 6.03 Å². The quantitative estimate of drug-likeness (QED) is 0.809. The zero-order valence-corrected chi connectivity index (χ0v) is 15.8. The predicted molar refractivity (Wildman–Crippen MR) is 109 cm³/mol. The fraction of sp³-hybridized carbons (Fsp3) is 0.364. The van der Waals surface area contributed by atoms with Crippen LogP contribution >= 0.6 is 0 Å². The van der Waals surface area contributed by atoms with Crippen LogP contribution in [0.25, 0.3) is 12.2 Å². The lowest BCUT2D eigenvalue weighted by atomic mass is 10.00. The highest BCUT2D eigenvalue weighted by atomic mass is 16.5. The molecule has 1 fully saturated rings. The number of urea groups is 1. The summed E-state index contributed by atoms with van der Waals surface area (Å²) >= 11 is 0. The molecule has 0 unspecified atom stereocenters. The molecular formula is C22H27N3O2. The van der Waals surface area contributed by atoms with Gasteiger partial charge in [0.2, 0.25) is 0 Å². The van der Waals surface area contributed by atoms with Crippen molar-refractivity contribution in [3.05, 3.63) is 59.9 Å². The van der Waals surface area contributed by atoms with Gasteiger partial charge in [0.1, 0.15) is 0 Å². The lowest BCUT2D eigenvalue weighted by Crippen LogP contribution is -2.46. The number of amides is 2. The molecule has 1 aromatic heterocycles. The Morgan fingerprint density at radius 2 is 2.07 bits per heavy atom. The van der Waals surface area contributed by atoms with Gasteiger partial charge in [-0.15, -0.1) is 0 Å². The van der Waals surface area contributed by atoms with Crippen LogP contribution in [0.4, 0.5) is 10.5 Å². The Bertz CT molecular complexity index is 744. The Kier molecular flexibility index (Phi) is 6.99. The summed E-state index contributed by atoms with van der Waals surface area (Å²) in [7, 11) is 1.71. The Hall–Kier alpha value is -2.66. The minimum atomic E-state index is -0.0208. The summed E-state index contributed by atoms with van der Waals surface area (Å²) in [6, 6.07) is 13.9. The van der Waals surface area contributed by atoms with Crippen molar-refractivity contribution in [2.45, 2.75) is 31.7 Å². The molecular weight excluding hydrogens is 338 g/mol. The predicted octanol–water partition coefficient (Wildman–Crippen LogP) is 4.67. The van der Waals surface area contributed by atoms with Crippen LogP contribution in [0.3, 0.4) is 0 Å². The number of carbonyl (C=O) groups is 1. The molecule has 2 amide bonds. The van der Waals surface area contributed by atoms with Crippen molar-refractivity contribution in [2.75, 3.05) is 25.6 Å². The second-order valence-electron chi connectivity index (χ2n) is 6.76. The van der Waals surface area contributed by atoms with Crippen molar-refractivity contribution in [1.29, 1.82) is 0 Å². The van der Waals surface area contributed by atoms with E-state index in [0.717, 1.165) is 42.8 Å². The third kappa shape index (κ3) is 5.66. The number of likely N-dealkylation sites (tertiary alicyclic amines) is 1. The van der Waals surface area contributed by atoms with E-state index in [-0.39, 0.29) is 12.1 Å². The summed E-state index contributed by atoms with van der Waals surface area (Å²) in [5.41, 5.74) is 2.79. The number of aromatic nitrogens is 1. The van der Waals surface area contributed by atoms with Gasteiger partial charge in [0.05, 0.1) is 5.69 Å². The summed E-state index contributed by atoms with van der Waals surface area (Å²) in [6.45, 7) is 1.50. The van der Waals surface area contributed by atoms with Gasteiger partial charge in [-0.05, 0) is 61.6 Å². The fourth-order valence-corrected chi connectivity index (χ4v) is 3.35. The molecule has 0 spiro atoms. The van der Waals surface area contributed by atoms with Gasteiger partial charge in [0, 0.05) is 38.2 Å². The molecule has 27 heavy (non-hydrogen) atoms. The third-order valence-electron chi connectivity index (χ3n) is 4.84. The molecule has 5 heteroatoms. The number of methoxy groups -OCH3 is 1. The van der Waals surface area contributed by atoms with Crippen LogP contribution in [0, 0.1) is 0 Å². The van der Waals surface area contributed by atoms with Crippen LogP contribution in [-0.2, 0) is 4.74 Å². The first-order valence-electron chi connectivity index (χ1n) is 9.52. The number of benzene rings is 1. The summed E-state index contributed by atoms with van der Waals surface area (Å²) in [5.74, 6) is 0. The van der Waals surface area contributed by atoms with Crippen molar-refractivity contribution >= 4 is 23.9 Å². The average Bonchev–Trinajstić information content (AvgIpc) is 2.72. The van der Waals surface area contributed by atoms with Crippen LogP contribution in [0.2, 0.25) is 0 Å². The first kappa shape index (κ1) is 19.1. The van der Waals surface area contributed by atoms with Gasteiger partial charge in [-0.1, -0.05) is 24.3 Å². The largest absolute Gasteiger partial charge is 0.385 e. The molecule has 5 nitrogen and oxygen atoms in total. The Balaban J connectivity index is 1.58. The van der Waals surface area contributed by atoms with Crippen molar-refractivity contribution in [1.82, 2.24) is 9.88 Å². The number of piperidine rings is 1. The van der Waals surface area contributed by atoms with E-state index in [4.69, 9.17) is 4.74 Å². The number of hydrogen-bond acceptors (Lipinski definition) is 3. The van der Waals surface area contributed by atoms with Gasteiger partial charge in [-0.2, -0.15) is 0 Å². The summed E-state index contributed by atoms with van der Waals surface area (Å²) in [6.07, 6.45) is 9.94. The van der Waals surface area contributed by atoms with E-state index in [1.807, 2.05) is 59.5 Å². The van der Waals surface area contributed by atoms with Crippen molar-refractivity contribution in [2.24, 2.45) is 0 Å². The molecule has 1 aliphatic heterocycles. The maximum Gasteiger partial charge on any atom is 0.322 e. The van der Waals surface area contributed by atoms with Gasteiger partial charge in [0.25, 0.3) is 0 Å². The fourth-order valence-electron chi connectivity index (χ4n) is 3.35. The Morgan fingerprint density at radius 3 is 2.81 bits per heavy atom. The zero-order valence-electron chi connectivity index (χ0n) is 15.8. The van der Waals surface area contributed by atoms with Crippen molar-refractivity contribution in [3.8, 4) is 0 Å². The van der Waals surface area contributed by atoms with E-state index in [9.17, 15) is 4.79 Å². The van der Waals surface area contributed by atoms with Gasteiger partial charge < -0.3 is 15.0 Å². The smallest absolute Gasteiger partial charge is 0.322 e. The highest BCUT2D eigenvalue weighted by molar-refractivity contribution is 5.89. The van der Waals surface area contributed by atoms with E-state index in [0.29, 0.717) is 6.61 Å². The van der Waals surface area contributed by atoms with Crippen LogP contribution in [0.5, 0.6) is 0 Å². The Morgan fingerprint density at radius 1 is 1.22 bits per heavy atom. The molecule has 0 aliphatic carbocycles. The molecule has 0 radical (unpaired) electrons. The van der Waals surface area contributed by atoms with Crippen LogP contribution < -0.4 is 5.32 Å². The van der Waals surface area contributed by atoms with Crippen LogP contribution in [0.1, 0.15) is 36.9 Å². The SMILES string of the molecule is COCC[C@@H]1CCCCN1C(=O)Nc1ccc(/C=C/c2ccccn2)cc1. The number of carbonyl (C=O) groups excluding carboxylic acids is 1. The maximum atomic E-state index is 12.7. The molecule has 1 aromatic carbocycles. The van der Waals surface area contributed by atoms with E-state index in [2.05, 4.69) is 10.3 Å². The highest BCUT2D eigenvalue weighted by Gasteiger charge is 2.26. The zero-order chi connectivity index (χ0) is 18.9. The minimum absolute atomic E-state index is 0.0208. The van der Waals surface area contributed by atoms with Crippen molar-refractivity contribution < 1.29 is 9.53 Å². The molecule has 142 valence electrons. The van der Waals surface area contributed by atoms with E-state index in [1.54, 1.807) is 13.3 Å². The number of rotatable bonds is 6. The summed E-state index contributed by atoms with van der Waals surface area (Å²) in [4.78, 5) is 18.9. The summed E-state index contributed by atoms with van der Waals surface area (Å²) in [5, 5.41) is 3.03. The standard InChI is InChI=1S/C22H27N3O2/c1-27-17-14-21-7-3-5-16-25(21)22(26)24-20-12-9-18(10-13-20)8-11-19-6-2-4-15-23-19/h2,4,6,8-13,15,21H,3,5,7,14,16-17H2,1H3,(H,24,26)/b11-8+/t21-/m0/s1. The lowest BCUT2D eigenvalue weighted by molar-refractivity contribution is 0.123. The molecule has 0 bridgehead atoms. The van der Waals surface area contributed by atoms with Crippen LogP contribution in [0.15, 0.2) is 48.7 Å². The van der Waals surface area contributed by atoms with Gasteiger partial charge in [0.15, 0.2) is 0 Å². The lowest BCUT2D eigenvalue weighted by Gasteiger charge is -2.35. The molecule has 3 rings (SSSR count). The molecule has 2 heterocycles. The maximum absolute atomic E-state index is 12.7. The summed E-state index contributed by atoms with van der Waals surface area (Å²) < 4.78 is 5.19. The number of pyridine rings is 1. The first-order valence-corrected chi connectivity index (χ1v) is 9.52. The second-order valence-corrected chi connectivity index (χ2v) is 6.76. The number of hydrogen-bond donors (Lipinski definition) is 1. The molecule has 2 aromatic rings. The monoisotopic (exact) mass is 365 g/mol. The third-order valence-corrected chi connectivity index (χ3v) is 4.84. The second kappa shape index (κ2) is 9.88. The minimum Gasteiger partial charge on any atom is -0.385 e. The van der Waals surface area contributed by atoms with Crippen LogP contribution in [-0.4, -0.2) is 42.2 Å². The number of anilines is 1. The topological polar surface area (TPSA) is 54.5 Å². The van der Waals surface area contributed by atoms with Gasteiger partial charge in [-0.3, -0.25) is 4.98 Å². The van der Waals surface area contributed by atoms with E-state index >= 15 is 0 Å². The first-order chi connectivity index (χ1) is 13.3. The molecule has 1 aliphatic rings. The highest BCUT2D eigenvalue weighted by Crippen LogP contribution is 2.21. The van der Waals surface area contributed by atoms with E-state index in [1.165, 1.54) is 6.42 Å². The normalized spacial score (nSPS) is 17.2. The molecule has 1 saturated heterocycles. The number of ether oxygens (including phenoxy) is 1. The Labute approximate surface area is 161 Å². The molecule has 1 atom stereocenters. The van der Waals surface area contributed by atoms with Gasteiger partial charge in [-0.25, -0.2) is 4.79 Å². The average molecular weight is 365 g/mol. The number of nitrogens with one attached hydrogen (secondary N) is 1. The number of nitrogens with zero attached hydrogens (tertiary/aromatic N) is 2.